The summed E-state index contributed by atoms with van der Waals surface area (Å²) >= 11 is 7.26. The van der Waals surface area contributed by atoms with E-state index in [4.69, 9.17) is 11.6 Å². The van der Waals surface area contributed by atoms with Gasteiger partial charge in [-0.25, -0.2) is 9.38 Å². The van der Waals surface area contributed by atoms with Gasteiger partial charge in [0.05, 0.1) is 10.8 Å². The average molecular weight is 244 g/mol. The van der Waals surface area contributed by atoms with Crippen molar-refractivity contribution in [2.75, 3.05) is 5.75 Å². The Morgan fingerprint density at radius 3 is 2.93 bits per heavy atom. The van der Waals surface area contributed by atoms with Crippen LogP contribution in [0.5, 0.6) is 0 Å². The van der Waals surface area contributed by atoms with Crippen molar-refractivity contribution in [2.24, 2.45) is 4.99 Å². The fourth-order valence-electron chi connectivity index (χ4n) is 1.27. The lowest BCUT2D eigenvalue weighted by Gasteiger charge is -2.02. The fraction of sp³-hybridized carbons (Fsp3) is 0.200. The molecule has 0 aliphatic carbocycles. The molecule has 0 fully saturated rings. The largest absolute Gasteiger partial charge is 0.272 e. The SMILES string of the molecule is O=C1CSC(Cc2ccc(F)cc2Cl)=N1. The van der Waals surface area contributed by atoms with Gasteiger partial charge in [0.1, 0.15) is 5.82 Å². The van der Waals surface area contributed by atoms with E-state index in [1.54, 1.807) is 6.07 Å². The van der Waals surface area contributed by atoms with Crippen molar-refractivity contribution < 1.29 is 9.18 Å². The van der Waals surface area contributed by atoms with Crippen molar-refractivity contribution in [3.63, 3.8) is 0 Å². The maximum atomic E-state index is 12.7. The highest BCUT2D eigenvalue weighted by atomic mass is 35.5. The topological polar surface area (TPSA) is 29.4 Å². The summed E-state index contributed by atoms with van der Waals surface area (Å²) in [5.41, 5.74) is 0.791. The Balaban J connectivity index is 2.18. The van der Waals surface area contributed by atoms with E-state index >= 15 is 0 Å². The number of benzene rings is 1. The first kappa shape index (κ1) is 10.6. The van der Waals surface area contributed by atoms with Gasteiger partial charge in [-0.3, -0.25) is 4.79 Å². The normalized spacial score (nSPS) is 15.6. The van der Waals surface area contributed by atoms with Crippen LogP contribution < -0.4 is 0 Å². The molecule has 1 amide bonds. The Labute approximate surface area is 95.5 Å². The zero-order valence-electron chi connectivity index (χ0n) is 7.67. The van der Waals surface area contributed by atoms with E-state index in [9.17, 15) is 9.18 Å². The van der Waals surface area contributed by atoms with Crippen LogP contribution in [0.25, 0.3) is 0 Å². The summed E-state index contributed by atoms with van der Waals surface area (Å²) in [6.07, 6.45) is 0.496. The van der Waals surface area contributed by atoms with Crippen LogP contribution in [0.4, 0.5) is 4.39 Å². The smallest absolute Gasteiger partial charge is 0.256 e. The number of thioether (sulfide) groups is 1. The van der Waals surface area contributed by atoms with Crippen molar-refractivity contribution in [1.82, 2.24) is 0 Å². The molecule has 2 nitrogen and oxygen atoms in total. The molecule has 1 aliphatic heterocycles. The number of amides is 1. The van der Waals surface area contributed by atoms with Crippen LogP contribution in [0.15, 0.2) is 23.2 Å². The molecule has 5 heteroatoms. The van der Waals surface area contributed by atoms with E-state index in [-0.39, 0.29) is 11.7 Å². The standard InChI is InChI=1S/C10H7ClFNOS/c11-8-4-7(12)2-1-6(8)3-10-13-9(14)5-15-10/h1-2,4H,3,5H2. The van der Waals surface area contributed by atoms with Gasteiger partial charge in [0.15, 0.2) is 0 Å². The molecular weight excluding hydrogens is 237 g/mol. The second-order valence-electron chi connectivity index (χ2n) is 3.10. The summed E-state index contributed by atoms with van der Waals surface area (Å²) in [6, 6.07) is 4.23. The molecule has 0 aromatic heterocycles. The van der Waals surface area contributed by atoms with E-state index in [0.717, 1.165) is 10.6 Å². The summed E-state index contributed by atoms with van der Waals surface area (Å²) in [5, 5.41) is 1.12. The van der Waals surface area contributed by atoms with E-state index in [1.165, 1.54) is 23.9 Å². The highest BCUT2D eigenvalue weighted by molar-refractivity contribution is 8.15. The van der Waals surface area contributed by atoms with Gasteiger partial charge < -0.3 is 0 Å². The van der Waals surface area contributed by atoms with Crippen molar-refractivity contribution in [3.8, 4) is 0 Å². The molecule has 0 bridgehead atoms. The van der Waals surface area contributed by atoms with Gasteiger partial charge in [-0.1, -0.05) is 17.7 Å². The van der Waals surface area contributed by atoms with Crippen LogP contribution in [0.3, 0.4) is 0 Å². The highest BCUT2D eigenvalue weighted by Crippen LogP contribution is 2.22. The number of hydrogen-bond donors (Lipinski definition) is 0. The minimum Gasteiger partial charge on any atom is -0.272 e. The number of aliphatic imine (C=N–C) groups is 1. The van der Waals surface area contributed by atoms with E-state index in [0.29, 0.717) is 17.2 Å². The Morgan fingerprint density at radius 1 is 1.53 bits per heavy atom. The third kappa shape index (κ3) is 2.58. The van der Waals surface area contributed by atoms with Gasteiger partial charge in [-0.05, 0) is 17.7 Å². The lowest BCUT2D eigenvalue weighted by atomic mass is 10.1. The number of halogens is 2. The molecule has 2 rings (SSSR count). The average Bonchev–Trinajstić information content (AvgIpc) is 2.56. The van der Waals surface area contributed by atoms with Crippen molar-refractivity contribution >= 4 is 34.3 Å². The Hall–Kier alpha value is -0.870. The molecule has 0 atom stereocenters. The quantitative estimate of drug-likeness (QED) is 0.799. The maximum Gasteiger partial charge on any atom is 0.256 e. The van der Waals surface area contributed by atoms with Crippen LogP contribution in [0.1, 0.15) is 5.56 Å². The van der Waals surface area contributed by atoms with Crippen LogP contribution in [-0.2, 0) is 11.2 Å². The Kier molecular flexibility index (Phi) is 3.07. The molecule has 1 heterocycles. The molecule has 1 aliphatic rings. The lowest BCUT2D eigenvalue weighted by molar-refractivity contribution is -0.115. The van der Waals surface area contributed by atoms with Crippen molar-refractivity contribution in [3.05, 3.63) is 34.6 Å². The van der Waals surface area contributed by atoms with Gasteiger partial charge in [-0.2, -0.15) is 0 Å². The van der Waals surface area contributed by atoms with Gasteiger partial charge in [-0.15, -0.1) is 11.8 Å². The van der Waals surface area contributed by atoms with Crippen LogP contribution in [0.2, 0.25) is 5.02 Å². The summed E-state index contributed by atoms with van der Waals surface area (Å²) in [7, 11) is 0. The number of nitrogens with zero attached hydrogens (tertiary/aromatic N) is 1. The molecule has 78 valence electrons. The summed E-state index contributed by atoms with van der Waals surface area (Å²) in [6.45, 7) is 0. The molecule has 1 aromatic carbocycles. The van der Waals surface area contributed by atoms with E-state index < -0.39 is 0 Å². The molecule has 0 spiro atoms. The van der Waals surface area contributed by atoms with Gasteiger partial charge in [0.2, 0.25) is 0 Å². The predicted molar refractivity (Wildman–Crippen MR) is 60.0 cm³/mol. The molecular formula is C10H7ClFNOS. The highest BCUT2D eigenvalue weighted by Gasteiger charge is 2.16. The number of hydrogen-bond acceptors (Lipinski definition) is 2. The van der Waals surface area contributed by atoms with Crippen molar-refractivity contribution in [1.29, 1.82) is 0 Å². The molecule has 1 aromatic rings. The number of rotatable bonds is 2. The molecule has 0 saturated heterocycles. The molecule has 0 N–H and O–H groups in total. The molecule has 15 heavy (non-hydrogen) atoms. The zero-order chi connectivity index (χ0) is 10.8. The van der Waals surface area contributed by atoms with Crippen LogP contribution in [-0.4, -0.2) is 16.7 Å². The molecule has 0 unspecified atom stereocenters. The monoisotopic (exact) mass is 243 g/mol. The Bertz CT molecular complexity index is 447. The van der Waals surface area contributed by atoms with Gasteiger partial charge >= 0.3 is 0 Å². The fourth-order valence-corrected chi connectivity index (χ4v) is 2.28. The van der Waals surface area contributed by atoms with E-state index in [2.05, 4.69) is 4.99 Å². The molecule has 0 saturated carbocycles. The summed E-state index contributed by atoms with van der Waals surface area (Å²) in [4.78, 5) is 14.7. The van der Waals surface area contributed by atoms with Crippen LogP contribution in [0, 0.1) is 5.82 Å². The van der Waals surface area contributed by atoms with Gasteiger partial charge in [0.25, 0.3) is 5.91 Å². The van der Waals surface area contributed by atoms with Gasteiger partial charge in [0, 0.05) is 11.4 Å². The maximum absolute atomic E-state index is 12.7. The number of carbonyl (C=O) groups is 1. The molecule has 0 radical (unpaired) electrons. The second-order valence-corrected chi connectivity index (χ2v) is 4.56. The summed E-state index contributed by atoms with van der Waals surface area (Å²) in [5.74, 6) is -0.0807. The first-order valence-electron chi connectivity index (χ1n) is 4.32. The Morgan fingerprint density at radius 2 is 2.33 bits per heavy atom. The first-order chi connectivity index (χ1) is 7.15. The summed E-state index contributed by atoms with van der Waals surface area (Å²) < 4.78 is 12.7. The minimum atomic E-state index is -0.360. The third-order valence-electron chi connectivity index (χ3n) is 1.97. The minimum absolute atomic E-state index is 0.117. The third-order valence-corrected chi connectivity index (χ3v) is 3.28. The zero-order valence-corrected chi connectivity index (χ0v) is 9.24. The van der Waals surface area contributed by atoms with Crippen molar-refractivity contribution in [2.45, 2.75) is 6.42 Å². The van der Waals surface area contributed by atoms with E-state index in [1.807, 2.05) is 0 Å². The predicted octanol–water partition coefficient (Wildman–Crippen LogP) is 2.69. The first-order valence-corrected chi connectivity index (χ1v) is 5.68. The second kappa shape index (κ2) is 4.33. The lowest BCUT2D eigenvalue weighted by Crippen LogP contribution is -1.96. The van der Waals surface area contributed by atoms with Crippen LogP contribution >= 0.6 is 23.4 Å². The number of carbonyl (C=O) groups excluding carboxylic acids is 1.